The molecule has 9 nitrogen and oxygen atoms in total. The van der Waals surface area contributed by atoms with E-state index < -0.39 is 0 Å². The van der Waals surface area contributed by atoms with Crippen LogP contribution in [0.15, 0.2) is 60.8 Å². The first-order valence-electron chi connectivity index (χ1n) is 11.2. The lowest BCUT2D eigenvalue weighted by atomic mass is 10.0. The third-order valence-electron chi connectivity index (χ3n) is 6.07. The van der Waals surface area contributed by atoms with Gasteiger partial charge in [-0.25, -0.2) is 0 Å². The van der Waals surface area contributed by atoms with Crippen LogP contribution in [0.2, 0.25) is 0 Å². The maximum absolute atomic E-state index is 13.2. The standard InChI is InChI=1S/C25H30N6O3/c1-30(21(17-6-3-2-4-7-17)15-31-13-11-18(32)14-31)23(33)16-34-22-10-9-20(29-25(26)27)24-19(22)8-5-12-28-24/h2-10,12,18,21,32H,11,13-16H2,1H3,(H4,26,27,29)/t18-,21?/m0/s1. The molecule has 3 aromatic rings. The fraction of sp³-hybridized carbons (Fsp3) is 0.320. The Kier molecular flexibility index (Phi) is 7.24. The first-order chi connectivity index (χ1) is 16.4. The summed E-state index contributed by atoms with van der Waals surface area (Å²) in [6.45, 7) is 1.93. The van der Waals surface area contributed by atoms with Crippen molar-refractivity contribution in [3.8, 4) is 5.75 Å². The molecule has 0 radical (unpaired) electrons. The normalized spacial score (nSPS) is 16.8. The molecule has 9 heteroatoms. The number of likely N-dealkylation sites (tertiary alicyclic amines) is 1. The highest BCUT2D eigenvalue weighted by atomic mass is 16.5. The first-order valence-corrected chi connectivity index (χ1v) is 11.2. The number of pyridine rings is 1. The number of carbonyl (C=O) groups excluding carboxylic acids is 1. The predicted molar refractivity (Wildman–Crippen MR) is 132 cm³/mol. The van der Waals surface area contributed by atoms with E-state index in [1.54, 1.807) is 36.3 Å². The van der Waals surface area contributed by atoms with E-state index >= 15 is 0 Å². The summed E-state index contributed by atoms with van der Waals surface area (Å²) < 4.78 is 5.94. The molecule has 0 saturated carbocycles. The second kappa shape index (κ2) is 10.5. The van der Waals surface area contributed by atoms with Crippen molar-refractivity contribution < 1.29 is 14.6 Å². The van der Waals surface area contributed by atoms with E-state index in [4.69, 9.17) is 15.9 Å². The van der Waals surface area contributed by atoms with E-state index in [1.807, 2.05) is 36.4 Å². The van der Waals surface area contributed by atoms with Crippen molar-refractivity contribution in [2.75, 3.05) is 38.6 Å². The molecule has 0 bridgehead atoms. The zero-order valence-corrected chi connectivity index (χ0v) is 19.1. The summed E-state index contributed by atoms with van der Waals surface area (Å²) in [6.07, 6.45) is 2.08. The van der Waals surface area contributed by atoms with Crippen LogP contribution in [0, 0.1) is 5.41 Å². The number of anilines is 1. The minimum atomic E-state index is -0.317. The fourth-order valence-corrected chi connectivity index (χ4v) is 4.28. The molecule has 34 heavy (non-hydrogen) atoms. The highest BCUT2D eigenvalue weighted by Gasteiger charge is 2.28. The fourth-order valence-electron chi connectivity index (χ4n) is 4.28. The van der Waals surface area contributed by atoms with Gasteiger partial charge in [-0.05, 0) is 36.2 Å². The molecule has 2 aromatic carbocycles. The van der Waals surface area contributed by atoms with Gasteiger partial charge in [-0.2, -0.15) is 0 Å². The summed E-state index contributed by atoms with van der Waals surface area (Å²) in [4.78, 5) is 21.5. The number of aliphatic hydroxyl groups excluding tert-OH is 1. The molecule has 1 aliphatic heterocycles. The smallest absolute Gasteiger partial charge is 0.260 e. The Hall–Kier alpha value is -3.69. The number of β-amino-alcohol motifs (C(OH)–C–C–N with tert-alkyl or cyclic N) is 1. The molecular weight excluding hydrogens is 432 g/mol. The molecule has 1 aliphatic rings. The van der Waals surface area contributed by atoms with Crippen LogP contribution >= 0.6 is 0 Å². The number of amides is 1. The SMILES string of the molecule is CN(C(=O)COc1ccc(NC(=N)N)c2ncccc12)C(CN1CC[C@H](O)C1)c1ccccc1. The van der Waals surface area contributed by atoms with Crippen LogP contribution < -0.4 is 15.8 Å². The summed E-state index contributed by atoms with van der Waals surface area (Å²) in [6, 6.07) is 16.9. The molecule has 5 N–H and O–H groups in total. The van der Waals surface area contributed by atoms with Gasteiger partial charge >= 0.3 is 0 Å². The highest BCUT2D eigenvalue weighted by molar-refractivity contribution is 6.02. The number of benzene rings is 2. The van der Waals surface area contributed by atoms with Gasteiger partial charge in [0.2, 0.25) is 0 Å². The maximum Gasteiger partial charge on any atom is 0.260 e. The van der Waals surface area contributed by atoms with Gasteiger partial charge in [0.15, 0.2) is 12.6 Å². The number of nitrogens with two attached hydrogens (primary N) is 1. The van der Waals surface area contributed by atoms with Crippen molar-refractivity contribution in [1.29, 1.82) is 5.41 Å². The zero-order chi connectivity index (χ0) is 24.1. The Morgan fingerprint density at radius 1 is 1.29 bits per heavy atom. The van der Waals surface area contributed by atoms with Gasteiger partial charge in [0.25, 0.3) is 5.91 Å². The second-order valence-corrected chi connectivity index (χ2v) is 8.47. The van der Waals surface area contributed by atoms with Crippen molar-refractivity contribution in [1.82, 2.24) is 14.8 Å². The number of likely N-dealkylation sites (N-methyl/N-ethyl adjacent to an activating group) is 1. The molecule has 2 atom stereocenters. The quantitative estimate of drug-likeness (QED) is 0.298. The number of guanidine groups is 1. The Morgan fingerprint density at radius 2 is 2.09 bits per heavy atom. The van der Waals surface area contributed by atoms with Crippen molar-refractivity contribution in [2.45, 2.75) is 18.6 Å². The van der Waals surface area contributed by atoms with Crippen LogP contribution in [0.25, 0.3) is 10.9 Å². The lowest BCUT2D eigenvalue weighted by molar-refractivity contribution is -0.134. The molecule has 1 fully saturated rings. The summed E-state index contributed by atoms with van der Waals surface area (Å²) in [5, 5.41) is 20.9. The minimum absolute atomic E-state index is 0.133. The van der Waals surface area contributed by atoms with E-state index in [0.717, 1.165) is 23.9 Å². The summed E-state index contributed by atoms with van der Waals surface area (Å²) in [5.74, 6) is 0.185. The van der Waals surface area contributed by atoms with Crippen LogP contribution in [-0.2, 0) is 4.79 Å². The van der Waals surface area contributed by atoms with Crippen LogP contribution in [0.5, 0.6) is 5.75 Å². The first kappa shape index (κ1) is 23.5. The van der Waals surface area contributed by atoms with Gasteiger partial charge in [-0.3, -0.25) is 20.1 Å². The van der Waals surface area contributed by atoms with Crippen LogP contribution in [0.1, 0.15) is 18.0 Å². The van der Waals surface area contributed by atoms with Crippen molar-refractivity contribution >= 4 is 28.5 Å². The molecule has 0 spiro atoms. The zero-order valence-electron chi connectivity index (χ0n) is 19.1. The van der Waals surface area contributed by atoms with Gasteiger partial charge in [0, 0.05) is 38.3 Å². The van der Waals surface area contributed by atoms with Gasteiger partial charge < -0.3 is 25.8 Å². The third-order valence-corrected chi connectivity index (χ3v) is 6.07. The van der Waals surface area contributed by atoms with Crippen LogP contribution in [0.3, 0.4) is 0 Å². The van der Waals surface area contributed by atoms with Crippen molar-refractivity contribution in [2.24, 2.45) is 5.73 Å². The molecule has 1 aromatic heterocycles. The molecule has 1 saturated heterocycles. The van der Waals surface area contributed by atoms with E-state index in [2.05, 4.69) is 15.2 Å². The van der Waals surface area contributed by atoms with Crippen LogP contribution in [-0.4, -0.2) is 71.1 Å². The maximum atomic E-state index is 13.2. The van der Waals surface area contributed by atoms with Gasteiger partial charge in [0.05, 0.1) is 23.3 Å². The molecular formula is C25H30N6O3. The van der Waals surface area contributed by atoms with E-state index in [0.29, 0.717) is 30.0 Å². The molecule has 0 aliphatic carbocycles. The van der Waals surface area contributed by atoms with Gasteiger partial charge in [0.1, 0.15) is 5.75 Å². The van der Waals surface area contributed by atoms with Crippen LogP contribution in [0.4, 0.5) is 5.69 Å². The van der Waals surface area contributed by atoms with E-state index in [9.17, 15) is 9.90 Å². The number of nitrogens with one attached hydrogen (secondary N) is 2. The average Bonchev–Trinajstić information content (AvgIpc) is 3.26. The number of rotatable bonds is 8. The van der Waals surface area contributed by atoms with Gasteiger partial charge in [-0.15, -0.1) is 0 Å². The Morgan fingerprint density at radius 3 is 2.79 bits per heavy atom. The van der Waals surface area contributed by atoms with E-state index in [-0.39, 0.29) is 30.6 Å². The number of nitrogens with zero attached hydrogens (tertiary/aromatic N) is 3. The second-order valence-electron chi connectivity index (χ2n) is 8.47. The number of ether oxygens (including phenoxy) is 1. The van der Waals surface area contributed by atoms with Crippen molar-refractivity contribution in [3.63, 3.8) is 0 Å². The molecule has 2 heterocycles. The Labute approximate surface area is 198 Å². The van der Waals surface area contributed by atoms with E-state index in [1.165, 1.54) is 0 Å². The monoisotopic (exact) mass is 462 g/mol. The summed E-state index contributed by atoms with van der Waals surface area (Å²) >= 11 is 0. The topological polar surface area (TPSA) is 128 Å². The number of aliphatic hydroxyl groups is 1. The lowest BCUT2D eigenvalue weighted by Crippen LogP contribution is -2.40. The number of hydrogen-bond donors (Lipinski definition) is 4. The number of hydrogen-bond acceptors (Lipinski definition) is 6. The third kappa shape index (κ3) is 5.44. The molecule has 4 rings (SSSR count). The number of carbonyl (C=O) groups is 1. The minimum Gasteiger partial charge on any atom is -0.483 e. The number of fused-ring (bicyclic) bond motifs is 1. The van der Waals surface area contributed by atoms with Gasteiger partial charge in [-0.1, -0.05) is 30.3 Å². The summed E-state index contributed by atoms with van der Waals surface area (Å²) in [7, 11) is 1.79. The Balaban J connectivity index is 1.50. The largest absolute Gasteiger partial charge is 0.483 e. The Bertz CT molecular complexity index is 1160. The molecule has 1 unspecified atom stereocenters. The lowest BCUT2D eigenvalue weighted by Gasteiger charge is -2.32. The highest BCUT2D eigenvalue weighted by Crippen LogP contribution is 2.30. The molecule has 178 valence electrons. The average molecular weight is 463 g/mol. The van der Waals surface area contributed by atoms with Crippen molar-refractivity contribution in [3.05, 3.63) is 66.4 Å². The summed E-state index contributed by atoms with van der Waals surface area (Å²) in [5.41, 5.74) is 7.71. The number of aromatic nitrogens is 1. The predicted octanol–water partition coefficient (Wildman–Crippen LogP) is 2.19. The molecule has 1 amide bonds.